The number of halogens is 1. The Morgan fingerprint density at radius 2 is 2.44 bits per heavy atom. The van der Waals surface area contributed by atoms with E-state index in [0.717, 1.165) is 18.0 Å². The van der Waals surface area contributed by atoms with E-state index in [1.807, 2.05) is 0 Å². The molecule has 3 nitrogen and oxygen atoms in total. The fraction of sp³-hybridized carbons (Fsp3) is 0.250. The number of hydrogen-bond acceptors (Lipinski definition) is 4. The third-order valence-corrected chi connectivity index (χ3v) is 1.76. The van der Waals surface area contributed by atoms with Gasteiger partial charge in [-0.25, -0.2) is 0 Å². The smallest absolute Gasteiger partial charge is 0.166 e. The van der Waals surface area contributed by atoms with E-state index in [0.29, 0.717) is 10.8 Å². The highest BCUT2D eigenvalue weighted by molar-refractivity contribution is 6.99. The van der Waals surface area contributed by atoms with E-state index in [1.165, 1.54) is 0 Å². The van der Waals surface area contributed by atoms with Gasteiger partial charge in [0, 0.05) is 6.42 Å². The molecular formula is C4H3ClN2OS. The van der Waals surface area contributed by atoms with Gasteiger partial charge in [-0.15, -0.1) is 0 Å². The molecule has 0 aromatic carbocycles. The van der Waals surface area contributed by atoms with Crippen LogP contribution >= 0.6 is 23.3 Å². The van der Waals surface area contributed by atoms with E-state index in [2.05, 4.69) is 8.75 Å². The quantitative estimate of drug-likeness (QED) is 0.608. The maximum absolute atomic E-state index is 9.90. The van der Waals surface area contributed by atoms with Crippen molar-refractivity contribution in [3.8, 4) is 0 Å². The summed E-state index contributed by atoms with van der Waals surface area (Å²) in [5.74, 6) is 0. The zero-order valence-electron chi connectivity index (χ0n) is 4.37. The van der Waals surface area contributed by atoms with Gasteiger partial charge in [0.15, 0.2) is 5.15 Å². The van der Waals surface area contributed by atoms with E-state index in [1.54, 1.807) is 0 Å². The molecule has 9 heavy (non-hydrogen) atoms. The highest BCUT2D eigenvalue weighted by atomic mass is 35.5. The van der Waals surface area contributed by atoms with Gasteiger partial charge in [0.1, 0.15) is 12.0 Å². The van der Waals surface area contributed by atoms with Crippen molar-refractivity contribution in [2.45, 2.75) is 6.42 Å². The molecule has 0 aliphatic carbocycles. The molecule has 0 atom stereocenters. The Balaban J connectivity index is 2.80. The van der Waals surface area contributed by atoms with Gasteiger partial charge in [-0.05, 0) is 0 Å². The van der Waals surface area contributed by atoms with Crippen LogP contribution < -0.4 is 0 Å². The first kappa shape index (κ1) is 6.64. The van der Waals surface area contributed by atoms with E-state index >= 15 is 0 Å². The summed E-state index contributed by atoms with van der Waals surface area (Å²) >= 11 is 6.51. The van der Waals surface area contributed by atoms with Crippen molar-refractivity contribution in [2.75, 3.05) is 0 Å². The lowest BCUT2D eigenvalue weighted by Crippen LogP contribution is -1.84. The molecule has 0 N–H and O–H groups in total. The second kappa shape index (κ2) is 2.89. The lowest BCUT2D eigenvalue weighted by molar-refractivity contribution is -0.107. The van der Waals surface area contributed by atoms with Gasteiger partial charge in [-0.2, -0.15) is 8.75 Å². The lowest BCUT2D eigenvalue weighted by atomic mass is 10.4. The summed E-state index contributed by atoms with van der Waals surface area (Å²) in [4.78, 5) is 9.90. The molecule has 0 fully saturated rings. The van der Waals surface area contributed by atoms with E-state index < -0.39 is 0 Å². The van der Waals surface area contributed by atoms with Crippen LogP contribution in [0.5, 0.6) is 0 Å². The molecule has 0 amide bonds. The lowest BCUT2D eigenvalue weighted by Gasteiger charge is -1.80. The predicted octanol–water partition coefficient (Wildman–Crippen LogP) is 0.933. The van der Waals surface area contributed by atoms with Crippen molar-refractivity contribution in [1.29, 1.82) is 0 Å². The highest BCUT2D eigenvalue weighted by Gasteiger charge is 2.01. The van der Waals surface area contributed by atoms with Crippen molar-refractivity contribution in [2.24, 2.45) is 0 Å². The van der Waals surface area contributed by atoms with E-state index in [9.17, 15) is 4.79 Å². The Kier molecular flexibility index (Phi) is 2.13. The van der Waals surface area contributed by atoms with E-state index in [-0.39, 0.29) is 6.42 Å². The van der Waals surface area contributed by atoms with Crippen LogP contribution in [0.3, 0.4) is 0 Å². The SMILES string of the molecule is O=CCc1nsnc1Cl. The number of nitrogens with zero attached hydrogens (tertiary/aromatic N) is 2. The first-order valence-electron chi connectivity index (χ1n) is 2.25. The third kappa shape index (κ3) is 1.46. The van der Waals surface area contributed by atoms with Crippen molar-refractivity contribution in [3.63, 3.8) is 0 Å². The van der Waals surface area contributed by atoms with Crippen molar-refractivity contribution in [1.82, 2.24) is 8.75 Å². The van der Waals surface area contributed by atoms with Crippen LogP contribution in [0.15, 0.2) is 0 Å². The minimum atomic E-state index is 0.259. The highest BCUT2D eigenvalue weighted by Crippen LogP contribution is 2.11. The number of hydrogen-bond donors (Lipinski definition) is 0. The summed E-state index contributed by atoms with van der Waals surface area (Å²) in [6.07, 6.45) is 1.01. The average molecular weight is 163 g/mol. The summed E-state index contributed by atoms with van der Waals surface area (Å²) in [6, 6.07) is 0. The summed E-state index contributed by atoms with van der Waals surface area (Å²) in [7, 11) is 0. The molecule has 48 valence electrons. The molecule has 0 saturated carbocycles. The molecule has 0 aliphatic heterocycles. The Morgan fingerprint density at radius 1 is 1.67 bits per heavy atom. The minimum absolute atomic E-state index is 0.259. The molecule has 1 heterocycles. The van der Waals surface area contributed by atoms with Crippen LogP contribution in [0.2, 0.25) is 5.15 Å². The molecule has 1 aromatic heterocycles. The van der Waals surface area contributed by atoms with Gasteiger partial charge >= 0.3 is 0 Å². The Bertz CT molecular complexity index is 212. The zero-order chi connectivity index (χ0) is 6.69. The summed E-state index contributed by atoms with van der Waals surface area (Å²) < 4.78 is 7.45. The molecule has 0 radical (unpaired) electrons. The monoisotopic (exact) mass is 162 g/mol. The molecule has 0 spiro atoms. The third-order valence-electron chi connectivity index (χ3n) is 0.787. The van der Waals surface area contributed by atoms with Crippen molar-refractivity contribution >= 4 is 29.6 Å². The fourth-order valence-corrected chi connectivity index (χ4v) is 1.14. The summed E-state index contributed by atoms with van der Waals surface area (Å²) in [6.45, 7) is 0. The topological polar surface area (TPSA) is 42.9 Å². The molecule has 5 heteroatoms. The molecule has 0 saturated heterocycles. The first-order valence-corrected chi connectivity index (χ1v) is 3.36. The maximum atomic E-state index is 9.90. The fourth-order valence-electron chi connectivity index (χ4n) is 0.396. The first-order chi connectivity index (χ1) is 4.34. The van der Waals surface area contributed by atoms with Gasteiger partial charge in [-0.1, -0.05) is 11.6 Å². The van der Waals surface area contributed by atoms with Crippen LogP contribution in [-0.2, 0) is 11.2 Å². The molecule has 1 rings (SSSR count). The van der Waals surface area contributed by atoms with Gasteiger partial charge in [0.2, 0.25) is 0 Å². The van der Waals surface area contributed by atoms with Crippen LogP contribution in [0, 0.1) is 0 Å². The number of aldehydes is 1. The van der Waals surface area contributed by atoms with Crippen LogP contribution in [0.1, 0.15) is 5.69 Å². The summed E-state index contributed by atoms with van der Waals surface area (Å²) in [5.41, 5.74) is 0.566. The standard InChI is InChI=1S/C4H3ClN2OS/c5-4-3(1-2-8)6-9-7-4/h2H,1H2. The normalized spacial score (nSPS) is 9.44. The zero-order valence-corrected chi connectivity index (χ0v) is 5.95. The van der Waals surface area contributed by atoms with Crippen molar-refractivity contribution in [3.05, 3.63) is 10.8 Å². The van der Waals surface area contributed by atoms with Crippen LogP contribution in [-0.4, -0.2) is 15.0 Å². The Morgan fingerprint density at radius 3 is 2.89 bits per heavy atom. The Labute approximate surface area is 61.0 Å². The van der Waals surface area contributed by atoms with Gasteiger partial charge < -0.3 is 4.79 Å². The minimum Gasteiger partial charge on any atom is -0.303 e. The Hall–Kier alpha value is -0.480. The van der Waals surface area contributed by atoms with Crippen LogP contribution in [0.25, 0.3) is 0 Å². The predicted molar refractivity (Wildman–Crippen MR) is 34.7 cm³/mol. The molecule has 0 aliphatic rings. The molecular weight excluding hydrogens is 160 g/mol. The van der Waals surface area contributed by atoms with E-state index in [4.69, 9.17) is 11.6 Å². The molecule has 0 unspecified atom stereocenters. The summed E-state index contributed by atoms with van der Waals surface area (Å²) in [5, 5.41) is 0.340. The average Bonchev–Trinajstić information content (AvgIpc) is 2.18. The van der Waals surface area contributed by atoms with Gasteiger partial charge in [-0.3, -0.25) is 0 Å². The van der Waals surface area contributed by atoms with Gasteiger partial charge in [0.25, 0.3) is 0 Å². The number of rotatable bonds is 2. The number of aromatic nitrogens is 2. The molecule has 0 bridgehead atoms. The van der Waals surface area contributed by atoms with Gasteiger partial charge in [0.05, 0.1) is 11.7 Å². The maximum Gasteiger partial charge on any atom is 0.166 e. The van der Waals surface area contributed by atoms with Crippen molar-refractivity contribution < 1.29 is 4.79 Å². The number of carbonyl (C=O) groups is 1. The molecule has 1 aromatic rings. The largest absolute Gasteiger partial charge is 0.303 e. The second-order valence-corrected chi connectivity index (χ2v) is 2.26. The van der Waals surface area contributed by atoms with Crippen LogP contribution in [0.4, 0.5) is 0 Å². The second-order valence-electron chi connectivity index (χ2n) is 1.37. The number of carbonyl (C=O) groups excluding carboxylic acids is 1.